The van der Waals surface area contributed by atoms with E-state index in [1.54, 1.807) is 41.8 Å². The average molecular weight is 448 g/mol. The fourth-order valence-electron chi connectivity index (χ4n) is 4.00. The first kappa shape index (κ1) is 21.0. The van der Waals surface area contributed by atoms with Crippen LogP contribution in [0.25, 0.3) is 0 Å². The molecule has 9 heteroatoms. The van der Waals surface area contributed by atoms with Crippen LogP contribution in [0.2, 0.25) is 0 Å². The van der Waals surface area contributed by atoms with Gasteiger partial charge in [-0.15, -0.1) is 11.3 Å². The molecule has 2 fully saturated rings. The van der Waals surface area contributed by atoms with Gasteiger partial charge < -0.3 is 10.2 Å². The number of nitrogens with zero attached hydrogens (tertiary/aromatic N) is 2. The lowest BCUT2D eigenvalue weighted by Crippen LogP contribution is -2.41. The fourth-order valence-corrected chi connectivity index (χ4v) is 6.61. The number of thiophene rings is 1. The fraction of sp³-hybridized carbons (Fsp3) is 0.429. The van der Waals surface area contributed by atoms with Crippen molar-refractivity contribution in [1.29, 1.82) is 0 Å². The molecule has 30 heavy (non-hydrogen) atoms. The Balaban J connectivity index is 1.39. The maximum atomic E-state index is 12.8. The highest BCUT2D eigenvalue weighted by atomic mass is 32.2. The zero-order valence-corrected chi connectivity index (χ0v) is 18.3. The van der Waals surface area contributed by atoms with E-state index in [1.165, 1.54) is 15.6 Å². The van der Waals surface area contributed by atoms with Crippen molar-refractivity contribution in [2.24, 2.45) is 5.92 Å². The van der Waals surface area contributed by atoms with Crippen LogP contribution in [0.15, 0.2) is 46.0 Å². The van der Waals surface area contributed by atoms with Crippen LogP contribution in [0.4, 0.5) is 5.69 Å². The molecule has 1 aromatic heterocycles. The molecule has 0 atom stereocenters. The SMILES string of the molecule is O=C(Nc1ccccc1C(=O)N1CCCC1)C1CCN(S(=O)(=O)c2cccs2)CC1. The van der Waals surface area contributed by atoms with E-state index >= 15 is 0 Å². The number of piperidine rings is 1. The number of para-hydroxylation sites is 1. The Bertz CT molecular complexity index is 1010. The van der Waals surface area contributed by atoms with E-state index in [4.69, 9.17) is 0 Å². The number of anilines is 1. The van der Waals surface area contributed by atoms with Crippen LogP contribution in [0.3, 0.4) is 0 Å². The van der Waals surface area contributed by atoms with Gasteiger partial charge in [-0.3, -0.25) is 9.59 Å². The summed E-state index contributed by atoms with van der Waals surface area (Å²) in [6.45, 7) is 2.12. The Labute approximate surface area is 180 Å². The van der Waals surface area contributed by atoms with E-state index in [0.29, 0.717) is 41.4 Å². The number of carbonyl (C=O) groups is 2. The van der Waals surface area contributed by atoms with Crippen LogP contribution in [0.1, 0.15) is 36.0 Å². The highest BCUT2D eigenvalue weighted by molar-refractivity contribution is 7.91. The Morgan fingerprint density at radius 3 is 2.33 bits per heavy atom. The summed E-state index contributed by atoms with van der Waals surface area (Å²) in [5.74, 6) is -0.500. The lowest BCUT2D eigenvalue weighted by molar-refractivity contribution is -0.120. The van der Waals surface area contributed by atoms with Crippen LogP contribution >= 0.6 is 11.3 Å². The van der Waals surface area contributed by atoms with E-state index in [0.717, 1.165) is 25.9 Å². The molecule has 0 bridgehead atoms. The predicted octanol–water partition coefficient (Wildman–Crippen LogP) is 3.02. The lowest BCUT2D eigenvalue weighted by Gasteiger charge is -2.30. The minimum Gasteiger partial charge on any atom is -0.339 e. The normalized spacial score (nSPS) is 18.5. The summed E-state index contributed by atoms with van der Waals surface area (Å²) < 4.78 is 27.1. The molecule has 3 heterocycles. The highest BCUT2D eigenvalue weighted by Gasteiger charge is 2.33. The second kappa shape index (κ2) is 8.87. The van der Waals surface area contributed by atoms with Crippen molar-refractivity contribution in [2.75, 3.05) is 31.5 Å². The zero-order chi connectivity index (χ0) is 21.1. The molecular formula is C21H25N3O4S2. The molecule has 4 rings (SSSR count). The molecule has 2 aromatic rings. The van der Waals surface area contributed by atoms with Crippen LogP contribution in [0, 0.1) is 5.92 Å². The third-order valence-electron chi connectivity index (χ3n) is 5.72. The summed E-state index contributed by atoms with van der Waals surface area (Å²) in [7, 11) is -3.48. The van der Waals surface area contributed by atoms with Gasteiger partial charge in [-0.05, 0) is 49.3 Å². The van der Waals surface area contributed by atoms with Gasteiger partial charge in [0.15, 0.2) is 0 Å². The molecule has 0 spiro atoms. The molecule has 160 valence electrons. The number of carbonyl (C=O) groups excluding carboxylic acids is 2. The zero-order valence-electron chi connectivity index (χ0n) is 16.6. The Morgan fingerprint density at radius 1 is 0.967 bits per heavy atom. The van der Waals surface area contributed by atoms with Crippen molar-refractivity contribution < 1.29 is 18.0 Å². The number of nitrogens with one attached hydrogen (secondary N) is 1. The van der Waals surface area contributed by atoms with Gasteiger partial charge in [-0.2, -0.15) is 4.31 Å². The molecular weight excluding hydrogens is 422 g/mol. The van der Waals surface area contributed by atoms with Crippen LogP contribution in [-0.4, -0.2) is 55.6 Å². The molecule has 0 saturated carbocycles. The van der Waals surface area contributed by atoms with Crippen molar-refractivity contribution in [3.8, 4) is 0 Å². The lowest BCUT2D eigenvalue weighted by atomic mass is 9.97. The number of sulfonamides is 1. The largest absolute Gasteiger partial charge is 0.339 e. The van der Waals surface area contributed by atoms with E-state index in [2.05, 4.69) is 5.32 Å². The second-order valence-corrected chi connectivity index (χ2v) is 10.8. The molecule has 0 radical (unpaired) electrons. The van der Waals surface area contributed by atoms with Gasteiger partial charge in [-0.25, -0.2) is 8.42 Å². The number of hydrogen-bond donors (Lipinski definition) is 1. The number of likely N-dealkylation sites (tertiary alicyclic amines) is 1. The summed E-state index contributed by atoms with van der Waals surface area (Å²) in [4.78, 5) is 27.5. The Morgan fingerprint density at radius 2 is 1.67 bits per heavy atom. The van der Waals surface area contributed by atoms with Gasteiger partial charge in [0.2, 0.25) is 5.91 Å². The van der Waals surface area contributed by atoms with Crippen molar-refractivity contribution in [3.63, 3.8) is 0 Å². The molecule has 2 saturated heterocycles. The third kappa shape index (κ3) is 4.28. The first-order valence-corrected chi connectivity index (χ1v) is 12.5. The predicted molar refractivity (Wildman–Crippen MR) is 116 cm³/mol. The summed E-state index contributed by atoms with van der Waals surface area (Å²) in [5.41, 5.74) is 1.03. The maximum absolute atomic E-state index is 12.8. The first-order chi connectivity index (χ1) is 14.5. The van der Waals surface area contributed by atoms with Crippen molar-refractivity contribution in [2.45, 2.75) is 29.9 Å². The summed E-state index contributed by atoms with van der Waals surface area (Å²) >= 11 is 1.20. The van der Waals surface area contributed by atoms with Crippen molar-refractivity contribution in [1.82, 2.24) is 9.21 Å². The number of benzene rings is 1. The van der Waals surface area contributed by atoms with Crippen LogP contribution in [0.5, 0.6) is 0 Å². The smallest absolute Gasteiger partial charge is 0.255 e. The average Bonchev–Trinajstić information content (AvgIpc) is 3.48. The summed E-state index contributed by atoms with van der Waals surface area (Å²) in [5, 5.41) is 4.66. The van der Waals surface area contributed by atoms with Gasteiger partial charge in [0.1, 0.15) is 4.21 Å². The Hall–Kier alpha value is -2.23. The monoisotopic (exact) mass is 447 g/mol. The quantitative estimate of drug-likeness (QED) is 0.763. The summed E-state index contributed by atoms with van der Waals surface area (Å²) in [6, 6.07) is 10.4. The topological polar surface area (TPSA) is 86.8 Å². The van der Waals surface area contributed by atoms with Crippen molar-refractivity contribution in [3.05, 3.63) is 47.3 Å². The molecule has 1 aromatic carbocycles. The minimum absolute atomic E-state index is 0.0553. The highest BCUT2D eigenvalue weighted by Crippen LogP contribution is 2.28. The summed E-state index contributed by atoms with van der Waals surface area (Å²) in [6.07, 6.45) is 2.93. The minimum atomic E-state index is -3.48. The van der Waals surface area contributed by atoms with E-state index in [1.807, 2.05) is 4.90 Å². The van der Waals surface area contributed by atoms with Gasteiger partial charge in [0.25, 0.3) is 15.9 Å². The number of rotatable bonds is 5. The Kier molecular flexibility index (Phi) is 6.21. The first-order valence-electron chi connectivity index (χ1n) is 10.2. The maximum Gasteiger partial charge on any atom is 0.255 e. The second-order valence-electron chi connectivity index (χ2n) is 7.64. The number of hydrogen-bond acceptors (Lipinski definition) is 5. The standard InChI is InChI=1S/C21H25N3O4S2/c25-20(16-9-13-24(14-10-16)30(27,28)19-8-5-15-29-19)22-18-7-2-1-6-17(18)21(26)23-11-3-4-12-23/h1-2,5-8,15-16H,3-4,9-14H2,(H,22,25). The van der Waals surface area contributed by atoms with Gasteiger partial charge in [-0.1, -0.05) is 18.2 Å². The van der Waals surface area contributed by atoms with Gasteiger partial charge in [0, 0.05) is 32.1 Å². The van der Waals surface area contributed by atoms with E-state index in [-0.39, 0.29) is 17.7 Å². The molecule has 2 aliphatic rings. The van der Waals surface area contributed by atoms with Gasteiger partial charge >= 0.3 is 0 Å². The van der Waals surface area contributed by atoms with Crippen LogP contribution < -0.4 is 5.32 Å². The van der Waals surface area contributed by atoms with E-state index < -0.39 is 10.0 Å². The van der Waals surface area contributed by atoms with Crippen LogP contribution in [-0.2, 0) is 14.8 Å². The van der Waals surface area contributed by atoms with Gasteiger partial charge in [0.05, 0.1) is 11.3 Å². The molecule has 0 unspecified atom stereocenters. The molecule has 1 N–H and O–H groups in total. The molecule has 2 aliphatic heterocycles. The van der Waals surface area contributed by atoms with Crippen molar-refractivity contribution >= 4 is 38.9 Å². The third-order valence-corrected chi connectivity index (χ3v) is 8.99. The van der Waals surface area contributed by atoms with E-state index in [9.17, 15) is 18.0 Å². The molecule has 0 aliphatic carbocycles. The molecule has 7 nitrogen and oxygen atoms in total. The number of amides is 2. The molecule has 2 amide bonds.